The minimum atomic E-state index is -5.08. The molecule has 250 valence electrons. The number of ether oxygens (including phenoxy) is 1. The maximum Gasteiger partial charge on any atom is 0.490 e. The summed E-state index contributed by atoms with van der Waals surface area (Å²) >= 11 is 0. The molecule has 4 N–H and O–H groups in total. The minimum Gasteiger partial charge on any atom is -0.480 e. The maximum absolute atomic E-state index is 13.6. The summed E-state index contributed by atoms with van der Waals surface area (Å²) in [6.07, 6.45) is -6.84. The number of guanidine groups is 1. The van der Waals surface area contributed by atoms with Crippen molar-refractivity contribution in [1.82, 2.24) is 15.2 Å². The zero-order valence-electron chi connectivity index (χ0n) is 24.8. The lowest BCUT2D eigenvalue weighted by Gasteiger charge is -2.40. The van der Waals surface area contributed by atoms with Gasteiger partial charge in [-0.2, -0.15) is 26.3 Å². The molecule has 10 nitrogen and oxygen atoms in total. The molecule has 0 spiro atoms. The zero-order chi connectivity index (χ0) is 34.0. The smallest absolute Gasteiger partial charge is 0.480 e. The van der Waals surface area contributed by atoms with E-state index in [9.17, 15) is 35.9 Å². The second-order valence-corrected chi connectivity index (χ2v) is 11.4. The maximum atomic E-state index is 13.6. The number of carbonyl (C=O) groups is 3. The molecule has 1 fully saturated rings. The Kier molecular flexibility index (Phi) is 9.87. The summed E-state index contributed by atoms with van der Waals surface area (Å²) < 4.78 is 77.6. The molecule has 0 radical (unpaired) electrons. The first-order chi connectivity index (χ1) is 21.5. The van der Waals surface area contributed by atoms with Gasteiger partial charge in [-0.05, 0) is 42.9 Å². The van der Waals surface area contributed by atoms with Crippen molar-refractivity contribution in [3.8, 4) is 5.75 Å². The van der Waals surface area contributed by atoms with Gasteiger partial charge in [-0.3, -0.25) is 19.5 Å². The van der Waals surface area contributed by atoms with E-state index in [2.05, 4.69) is 10.3 Å². The number of para-hydroxylation sites is 1. The molecular formula is C30H33F6N5O5. The van der Waals surface area contributed by atoms with Crippen LogP contribution in [0.3, 0.4) is 0 Å². The average Bonchev–Trinajstić information content (AvgIpc) is 3.79. The lowest BCUT2D eigenvalue weighted by Crippen LogP contribution is -2.53. The molecule has 5 atom stereocenters. The summed E-state index contributed by atoms with van der Waals surface area (Å²) in [7, 11) is 0. The number of nitrogens with one attached hydrogen (secondary N) is 1. The van der Waals surface area contributed by atoms with Crippen LogP contribution in [0.2, 0.25) is 0 Å². The summed E-state index contributed by atoms with van der Waals surface area (Å²) in [6.45, 7) is 3.95. The van der Waals surface area contributed by atoms with Gasteiger partial charge in [0.05, 0.1) is 24.0 Å². The highest BCUT2D eigenvalue weighted by molar-refractivity contribution is 5.99. The predicted octanol–water partition coefficient (Wildman–Crippen LogP) is 5.07. The molecule has 16 heteroatoms. The van der Waals surface area contributed by atoms with Crippen LogP contribution < -0.4 is 15.8 Å². The number of hydrogen-bond donors (Lipinski definition) is 3. The molecule has 3 aliphatic rings. The lowest BCUT2D eigenvalue weighted by molar-refractivity contribution is -0.201. The number of halogens is 6. The number of fused-ring (bicyclic) bond motifs is 1. The number of aliphatic carboxylic acids is 1. The van der Waals surface area contributed by atoms with Crippen molar-refractivity contribution in [1.29, 1.82) is 0 Å². The third-order valence-corrected chi connectivity index (χ3v) is 8.49. The first-order valence-electron chi connectivity index (χ1n) is 14.5. The monoisotopic (exact) mass is 657 g/mol. The molecule has 1 aromatic heterocycles. The van der Waals surface area contributed by atoms with Crippen LogP contribution in [0.4, 0.5) is 26.3 Å². The highest BCUT2D eigenvalue weighted by Gasteiger charge is 2.54. The minimum absolute atomic E-state index is 0.107. The molecule has 46 heavy (non-hydrogen) atoms. The number of rotatable bonds is 7. The van der Waals surface area contributed by atoms with Crippen LogP contribution in [0, 0.1) is 11.8 Å². The van der Waals surface area contributed by atoms with E-state index in [1.54, 1.807) is 36.7 Å². The van der Waals surface area contributed by atoms with Crippen LogP contribution in [0.15, 0.2) is 53.8 Å². The van der Waals surface area contributed by atoms with Crippen LogP contribution in [-0.2, 0) is 14.4 Å². The summed E-state index contributed by atoms with van der Waals surface area (Å²) in [6, 6.07) is 8.58. The van der Waals surface area contributed by atoms with Gasteiger partial charge in [0.15, 0.2) is 12.1 Å². The Morgan fingerprint density at radius 3 is 2.30 bits per heavy atom. The predicted molar refractivity (Wildman–Crippen MR) is 151 cm³/mol. The third kappa shape index (κ3) is 7.53. The molecule has 0 bridgehead atoms. The topological polar surface area (TPSA) is 147 Å². The van der Waals surface area contributed by atoms with Crippen molar-refractivity contribution in [2.45, 2.75) is 82.0 Å². The summed E-state index contributed by atoms with van der Waals surface area (Å²) in [4.78, 5) is 46.2. The number of carbonyl (C=O) groups excluding carboxylic acids is 2. The van der Waals surface area contributed by atoms with E-state index in [-0.39, 0.29) is 35.9 Å². The second kappa shape index (κ2) is 13.2. The number of pyridine rings is 1. The quantitative estimate of drug-likeness (QED) is 0.353. The fourth-order valence-corrected chi connectivity index (χ4v) is 5.82. The van der Waals surface area contributed by atoms with Crippen LogP contribution in [-0.4, -0.2) is 62.7 Å². The van der Waals surface area contributed by atoms with Gasteiger partial charge < -0.3 is 20.9 Å². The largest absolute Gasteiger partial charge is 0.490 e. The van der Waals surface area contributed by atoms with Crippen LogP contribution in [0.5, 0.6) is 5.75 Å². The standard InChI is InChI=1S/C28H32F3N5O3.C2HF3O2/c1-3-27(4-2)14-23(37)36(26(32)35-27)24(16-8-7-11-33-15-16)18-12-19(18)25(38)34-20-13-22(28(29,30)31)39-21-10-6-5-9-17(20)21;3-2(4,5)1(6)7/h5-11,15,18-20,22,24H,3-4,12-14H2,1-2H3,(H2,32,35)(H,34,38);(H,6,7)/t18-,19-,20+,22-,24?;/m1./s1. The van der Waals surface area contributed by atoms with Crippen molar-refractivity contribution in [2.24, 2.45) is 22.6 Å². The summed E-state index contributed by atoms with van der Waals surface area (Å²) in [5, 5.41) is 9.96. The van der Waals surface area contributed by atoms with Gasteiger partial charge in [0, 0.05) is 30.3 Å². The number of benzene rings is 1. The number of amides is 2. The Morgan fingerprint density at radius 2 is 1.76 bits per heavy atom. The number of aliphatic imine (C=N–C) groups is 1. The number of aromatic nitrogens is 1. The van der Waals surface area contributed by atoms with Crippen molar-refractivity contribution >= 4 is 23.7 Å². The Bertz CT molecular complexity index is 1460. The molecule has 1 aliphatic carbocycles. The zero-order valence-corrected chi connectivity index (χ0v) is 24.8. The SMILES string of the molecule is CCC1(CC)CC(=O)N(C(c2cccnc2)[C@@H]2C[C@H]2C(=O)N[C@H]2C[C@H](C(F)(F)F)Oc3ccccc32)C(N)=N1.O=C(O)C(F)(F)F. The molecule has 1 saturated carbocycles. The molecule has 1 unspecified atom stereocenters. The average molecular weight is 658 g/mol. The molecular weight excluding hydrogens is 624 g/mol. The van der Waals surface area contributed by atoms with Crippen LogP contribution in [0.1, 0.15) is 69.2 Å². The third-order valence-electron chi connectivity index (χ3n) is 8.49. The van der Waals surface area contributed by atoms with E-state index in [0.29, 0.717) is 24.8 Å². The number of carboxylic acids is 1. The van der Waals surface area contributed by atoms with Crippen LogP contribution >= 0.6 is 0 Å². The highest BCUT2D eigenvalue weighted by atomic mass is 19.4. The van der Waals surface area contributed by atoms with E-state index >= 15 is 0 Å². The first-order valence-corrected chi connectivity index (χ1v) is 14.5. The molecule has 2 aliphatic heterocycles. The second-order valence-electron chi connectivity index (χ2n) is 11.4. The molecule has 3 heterocycles. The lowest BCUT2D eigenvalue weighted by atomic mass is 9.87. The fraction of sp³-hybridized carbons (Fsp3) is 0.500. The van der Waals surface area contributed by atoms with Gasteiger partial charge in [0.25, 0.3) is 0 Å². The molecule has 5 rings (SSSR count). The Hall–Kier alpha value is -4.37. The number of carboxylic acid groups (broad SMARTS) is 1. The van der Waals surface area contributed by atoms with Gasteiger partial charge in [-0.15, -0.1) is 0 Å². The van der Waals surface area contributed by atoms with Gasteiger partial charge in [-0.1, -0.05) is 38.1 Å². The summed E-state index contributed by atoms with van der Waals surface area (Å²) in [5.41, 5.74) is 7.07. The summed E-state index contributed by atoms with van der Waals surface area (Å²) in [5.74, 6) is -3.88. The number of hydrogen-bond acceptors (Lipinski definition) is 7. The van der Waals surface area contributed by atoms with Crippen molar-refractivity contribution in [2.75, 3.05) is 0 Å². The number of alkyl halides is 6. The molecule has 2 aromatic rings. The number of nitrogens with two attached hydrogens (primary N) is 1. The van der Waals surface area contributed by atoms with Crippen molar-refractivity contribution in [3.63, 3.8) is 0 Å². The van der Waals surface area contributed by atoms with Crippen molar-refractivity contribution < 1.29 is 50.6 Å². The number of nitrogens with zero attached hydrogens (tertiary/aromatic N) is 3. The first kappa shape index (κ1) is 34.5. The van der Waals surface area contributed by atoms with E-state index in [0.717, 1.165) is 5.56 Å². The molecule has 0 saturated heterocycles. The van der Waals surface area contributed by atoms with E-state index < -0.39 is 54.4 Å². The fourth-order valence-electron chi connectivity index (χ4n) is 5.82. The Morgan fingerprint density at radius 1 is 1.11 bits per heavy atom. The van der Waals surface area contributed by atoms with Gasteiger partial charge in [0.2, 0.25) is 11.8 Å². The van der Waals surface area contributed by atoms with Gasteiger partial charge in [0.1, 0.15) is 5.75 Å². The Labute approximate surface area is 260 Å². The van der Waals surface area contributed by atoms with Gasteiger partial charge in [-0.25, -0.2) is 9.79 Å². The van der Waals surface area contributed by atoms with E-state index in [1.807, 2.05) is 19.9 Å². The van der Waals surface area contributed by atoms with Gasteiger partial charge >= 0.3 is 18.3 Å². The van der Waals surface area contributed by atoms with E-state index in [4.69, 9.17) is 25.4 Å². The Balaban J connectivity index is 0.000000617. The molecule has 2 amide bonds. The van der Waals surface area contributed by atoms with Crippen molar-refractivity contribution in [3.05, 3.63) is 59.9 Å². The normalized spacial score (nSPS) is 24.3. The van der Waals surface area contributed by atoms with E-state index in [1.165, 1.54) is 11.0 Å². The highest BCUT2D eigenvalue weighted by Crippen LogP contribution is 2.52. The molecule has 1 aromatic carbocycles. The van der Waals surface area contributed by atoms with Crippen LogP contribution in [0.25, 0.3) is 0 Å².